The summed E-state index contributed by atoms with van der Waals surface area (Å²) < 4.78 is 1.59. The van der Waals surface area contributed by atoms with Crippen molar-refractivity contribution in [1.29, 1.82) is 0 Å². The molecule has 0 aliphatic carbocycles. The predicted molar refractivity (Wildman–Crippen MR) is 61.8 cm³/mol. The molecular formula is C11H20N4O. The number of nitrogens with zero attached hydrogens (tertiary/aromatic N) is 3. The van der Waals surface area contributed by atoms with Gasteiger partial charge in [-0.3, -0.25) is 9.48 Å². The third kappa shape index (κ3) is 3.73. The van der Waals surface area contributed by atoms with Gasteiger partial charge in [0.25, 0.3) is 0 Å². The number of hydrogen-bond donors (Lipinski definition) is 1. The number of nitrogens with two attached hydrogens (primary N) is 1. The number of hydrogen-bond acceptors (Lipinski definition) is 4. The fraction of sp³-hybridized carbons (Fsp3) is 0.727. The van der Waals surface area contributed by atoms with Crippen LogP contribution >= 0.6 is 0 Å². The molecule has 0 saturated heterocycles. The second kappa shape index (κ2) is 4.74. The summed E-state index contributed by atoms with van der Waals surface area (Å²) >= 11 is 0. The first-order chi connectivity index (χ1) is 7.29. The van der Waals surface area contributed by atoms with Crippen LogP contribution in [0.25, 0.3) is 0 Å². The summed E-state index contributed by atoms with van der Waals surface area (Å²) in [5, 5.41) is 7.66. The van der Waals surface area contributed by atoms with Crippen LogP contribution in [0.1, 0.15) is 32.9 Å². The van der Waals surface area contributed by atoms with Gasteiger partial charge in [-0.05, 0) is 5.41 Å². The van der Waals surface area contributed by atoms with Crippen molar-refractivity contribution < 1.29 is 4.79 Å². The Hall–Kier alpha value is -1.23. The van der Waals surface area contributed by atoms with Gasteiger partial charge in [-0.2, -0.15) is 0 Å². The highest BCUT2D eigenvalue weighted by Crippen LogP contribution is 2.20. The molecule has 0 aliphatic heterocycles. The van der Waals surface area contributed by atoms with Crippen molar-refractivity contribution >= 4 is 5.78 Å². The third-order valence-corrected chi connectivity index (χ3v) is 2.59. The van der Waals surface area contributed by atoms with E-state index in [-0.39, 0.29) is 17.2 Å². The van der Waals surface area contributed by atoms with E-state index in [4.69, 9.17) is 5.73 Å². The molecule has 1 unspecified atom stereocenters. The van der Waals surface area contributed by atoms with Gasteiger partial charge in [0.05, 0.1) is 12.1 Å². The van der Waals surface area contributed by atoms with Crippen molar-refractivity contribution in [2.24, 2.45) is 18.2 Å². The molecule has 1 heterocycles. The maximum absolute atomic E-state index is 11.7. The Labute approximate surface area is 96.0 Å². The normalized spacial score (nSPS) is 13.8. The minimum absolute atomic E-state index is 0.0436. The molecule has 0 aromatic carbocycles. The van der Waals surface area contributed by atoms with Crippen molar-refractivity contribution in [3.05, 3.63) is 11.9 Å². The first-order valence-electron chi connectivity index (χ1n) is 5.41. The molecular weight excluding hydrogens is 204 g/mol. The number of ketones is 1. The molecule has 0 saturated carbocycles. The molecule has 2 N–H and O–H groups in total. The van der Waals surface area contributed by atoms with Gasteiger partial charge in [0.2, 0.25) is 0 Å². The Kier molecular flexibility index (Phi) is 3.80. The van der Waals surface area contributed by atoms with Crippen LogP contribution in [-0.4, -0.2) is 26.8 Å². The average molecular weight is 224 g/mol. The van der Waals surface area contributed by atoms with E-state index in [0.717, 1.165) is 0 Å². The molecule has 90 valence electrons. The van der Waals surface area contributed by atoms with Crippen LogP contribution in [0.2, 0.25) is 0 Å². The van der Waals surface area contributed by atoms with Crippen LogP contribution in [0, 0.1) is 5.41 Å². The minimum Gasteiger partial charge on any atom is -0.327 e. The maximum Gasteiger partial charge on any atom is 0.140 e. The second-order valence-electron chi connectivity index (χ2n) is 5.28. The smallest absolute Gasteiger partial charge is 0.140 e. The molecule has 16 heavy (non-hydrogen) atoms. The highest BCUT2D eigenvalue weighted by atomic mass is 16.1. The monoisotopic (exact) mass is 224 g/mol. The van der Waals surface area contributed by atoms with Crippen molar-refractivity contribution in [1.82, 2.24) is 15.0 Å². The molecule has 5 nitrogen and oxygen atoms in total. The number of aryl methyl sites for hydroxylation is 1. The van der Waals surface area contributed by atoms with E-state index < -0.39 is 0 Å². The number of Topliss-reactive ketones (excluding diaryl/α,β-unsaturated/α-hetero) is 1. The number of rotatable bonds is 4. The maximum atomic E-state index is 11.7. The van der Waals surface area contributed by atoms with Crippen LogP contribution in [0.5, 0.6) is 0 Å². The molecule has 0 fully saturated rings. The lowest BCUT2D eigenvalue weighted by molar-refractivity contribution is -0.119. The highest BCUT2D eigenvalue weighted by Gasteiger charge is 2.23. The minimum atomic E-state index is -0.114. The van der Waals surface area contributed by atoms with Gasteiger partial charge in [-0.15, -0.1) is 5.10 Å². The summed E-state index contributed by atoms with van der Waals surface area (Å²) in [6.45, 7) is 6.10. The SMILES string of the molecule is Cn1cc(CC(=O)CC(N)C(C)(C)C)nn1. The van der Waals surface area contributed by atoms with Gasteiger partial charge >= 0.3 is 0 Å². The number of aromatic nitrogens is 3. The van der Waals surface area contributed by atoms with Crippen LogP contribution in [0.4, 0.5) is 0 Å². The largest absolute Gasteiger partial charge is 0.327 e. The van der Waals surface area contributed by atoms with Gasteiger partial charge in [-0.1, -0.05) is 26.0 Å². The summed E-state index contributed by atoms with van der Waals surface area (Å²) in [7, 11) is 1.78. The molecule has 0 aliphatic rings. The zero-order valence-electron chi connectivity index (χ0n) is 10.4. The van der Waals surface area contributed by atoms with E-state index >= 15 is 0 Å². The third-order valence-electron chi connectivity index (χ3n) is 2.59. The van der Waals surface area contributed by atoms with Gasteiger partial charge in [-0.25, -0.2) is 0 Å². The summed E-state index contributed by atoms with van der Waals surface area (Å²) in [4.78, 5) is 11.7. The van der Waals surface area contributed by atoms with Gasteiger partial charge in [0.15, 0.2) is 0 Å². The van der Waals surface area contributed by atoms with Crippen LogP contribution < -0.4 is 5.73 Å². The van der Waals surface area contributed by atoms with Crippen LogP contribution in [0.3, 0.4) is 0 Å². The quantitative estimate of drug-likeness (QED) is 0.816. The lowest BCUT2D eigenvalue weighted by Gasteiger charge is -2.26. The van der Waals surface area contributed by atoms with Crippen molar-refractivity contribution in [2.45, 2.75) is 39.7 Å². The van der Waals surface area contributed by atoms with Gasteiger partial charge < -0.3 is 5.73 Å². The molecule has 0 spiro atoms. The van der Waals surface area contributed by atoms with E-state index in [2.05, 4.69) is 10.3 Å². The number of carbonyl (C=O) groups excluding carboxylic acids is 1. The van der Waals surface area contributed by atoms with E-state index in [1.165, 1.54) is 0 Å². The zero-order valence-corrected chi connectivity index (χ0v) is 10.4. The zero-order chi connectivity index (χ0) is 12.3. The molecule has 1 aromatic rings. The van der Waals surface area contributed by atoms with Crippen molar-refractivity contribution in [2.75, 3.05) is 0 Å². The van der Waals surface area contributed by atoms with Crippen molar-refractivity contribution in [3.8, 4) is 0 Å². The molecule has 1 aromatic heterocycles. The molecule has 0 radical (unpaired) electrons. The molecule has 0 amide bonds. The predicted octanol–water partition coefficient (Wildman–Crippen LogP) is 0.690. The number of carbonyl (C=O) groups is 1. The first kappa shape index (κ1) is 12.8. The Bertz CT molecular complexity index is 364. The van der Waals surface area contributed by atoms with Crippen LogP contribution in [-0.2, 0) is 18.3 Å². The molecule has 0 bridgehead atoms. The average Bonchev–Trinajstić information content (AvgIpc) is 2.49. The Morgan fingerprint density at radius 1 is 1.56 bits per heavy atom. The second-order valence-corrected chi connectivity index (χ2v) is 5.28. The molecule has 5 heteroatoms. The molecule has 1 atom stereocenters. The van der Waals surface area contributed by atoms with E-state index in [1.807, 2.05) is 20.8 Å². The van der Waals surface area contributed by atoms with E-state index in [9.17, 15) is 4.79 Å². The summed E-state index contributed by atoms with van der Waals surface area (Å²) in [5.74, 6) is 0.114. The first-order valence-corrected chi connectivity index (χ1v) is 5.41. The van der Waals surface area contributed by atoms with Gasteiger partial charge in [0.1, 0.15) is 5.78 Å². The topological polar surface area (TPSA) is 73.8 Å². The molecule has 1 rings (SSSR count). The fourth-order valence-corrected chi connectivity index (χ4v) is 1.30. The summed E-state index contributed by atoms with van der Waals surface area (Å²) in [5.41, 5.74) is 6.61. The van der Waals surface area contributed by atoms with Crippen LogP contribution in [0.15, 0.2) is 6.20 Å². The highest BCUT2D eigenvalue weighted by molar-refractivity contribution is 5.81. The summed E-state index contributed by atoms with van der Waals surface area (Å²) in [6.07, 6.45) is 2.46. The lowest BCUT2D eigenvalue weighted by Crippen LogP contribution is -2.37. The van der Waals surface area contributed by atoms with E-state index in [0.29, 0.717) is 18.5 Å². The Morgan fingerprint density at radius 2 is 2.19 bits per heavy atom. The van der Waals surface area contributed by atoms with Gasteiger partial charge in [0, 0.05) is 25.7 Å². The fourth-order valence-electron chi connectivity index (χ4n) is 1.30. The lowest BCUT2D eigenvalue weighted by atomic mass is 9.84. The summed E-state index contributed by atoms with van der Waals surface area (Å²) in [6, 6.07) is -0.114. The van der Waals surface area contributed by atoms with E-state index in [1.54, 1.807) is 17.9 Å². The standard InChI is InChI=1S/C11H20N4O/c1-11(2,3)10(12)6-9(16)5-8-7-15(4)14-13-8/h7,10H,5-6,12H2,1-4H3. The Morgan fingerprint density at radius 3 is 2.62 bits per heavy atom. The van der Waals surface area contributed by atoms with Crippen molar-refractivity contribution in [3.63, 3.8) is 0 Å². The Balaban J connectivity index is 2.48.